The van der Waals surface area contributed by atoms with Crippen molar-refractivity contribution < 1.29 is 19.1 Å². The molecule has 0 aliphatic heterocycles. The lowest BCUT2D eigenvalue weighted by Crippen LogP contribution is -2.34. The number of fused-ring (bicyclic) bond motifs is 1. The maximum Gasteiger partial charge on any atom is 0.325 e. The Balaban J connectivity index is 1.44. The van der Waals surface area contributed by atoms with Crippen LogP contribution in [0.5, 0.6) is 5.75 Å². The zero-order chi connectivity index (χ0) is 19.1. The van der Waals surface area contributed by atoms with Crippen molar-refractivity contribution in [2.75, 3.05) is 13.2 Å². The molecule has 0 bridgehead atoms. The summed E-state index contributed by atoms with van der Waals surface area (Å²) in [5.41, 5.74) is 0.890. The SMILES string of the molecule is O=C(COc1ccc2ccccc2c1Br)NCC(=O)OCc1ccccc1. The van der Waals surface area contributed by atoms with Crippen LogP contribution in [0.3, 0.4) is 0 Å². The zero-order valence-electron chi connectivity index (χ0n) is 14.5. The van der Waals surface area contributed by atoms with E-state index in [1.807, 2.05) is 60.7 Å². The van der Waals surface area contributed by atoms with Crippen LogP contribution in [0, 0.1) is 0 Å². The highest BCUT2D eigenvalue weighted by atomic mass is 79.9. The van der Waals surface area contributed by atoms with E-state index in [0.717, 1.165) is 20.8 Å². The number of rotatable bonds is 7. The molecule has 5 nitrogen and oxygen atoms in total. The monoisotopic (exact) mass is 427 g/mol. The summed E-state index contributed by atoms with van der Waals surface area (Å²) in [6.45, 7) is -0.215. The van der Waals surface area contributed by atoms with Gasteiger partial charge in [-0.1, -0.05) is 60.7 Å². The van der Waals surface area contributed by atoms with Gasteiger partial charge >= 0.3 is 5.97 Å². The molecule has 3 aromatic rings. The van der Waals surface area contributed by atoms with Gasteiger partial charge in [0.05, 0.1) is 4.47 Å². The second-order valence-electron chi connectivity index (χ2n) is 5.81. The van der Waals surface area contributed by atoms with Gasteiger partial charge in [-0.25, -0.2) is 0 Å². The summed E-state index contributed by atoms with van der Waals surface area (Å²) in [6, 6.07) is 20.9. The van der Waals surface area contributed by atoms with E-state index in [1.165, 1.54) is 0 Å². The predicted octanol–water partition coefficient (Wildman–Crippen LogP) is 3.84. The molecule has 0 spiro atoms. The van der Waals surface area contributed by atoms with Crippen molar-refractivity contribution in [1.29, 1.82) is 0 Å². The molecule has 3 rings (SSSR count). The molecule has 6 heteroatoms. The van der Waals surface area contributed by atoms with E-state index in [2.05, 4.69) is 21.2 Å². The number of carbonyl (C=O) groups is 2. The van der Waals surface area contributed by atoms with Crippen LogP contribution in [0.15, 0.2) is 71.2 Å². The fourth-order valence-electron chi connectivity index (χ4n) is 2.48. The Morgan fingerprint density at radius 2 is 1.67 bits per heavy atom. The Morgan fingerprint density at radius 1 is 0.926 bits per heavy atom. The van der Waals surface area contributed by atoms with Crippen molar-refractivity contribution in [2.45, 2.75) is 6.61 Å². The van der Waals surface area contributed by atoms with E-state index in [4.69, 9.17) is 9.47 Å². The predicted molar refractivity (Wildman–Crippen MR) is 106 cm³/mol. The molecule has 138 valence electrons. The standard InChI is InChI=1S/C21H18BrNO4/c22-21-17-9-5-4-8-16(17)10-11-18(21)26-14-19(24)23-12-20(25)27-13-15-6-2-1-3-7-15/h1-11H,12-14H2,(H,23,24). The van der Waals surface area contributed by atoms with E-state index in [1.54, 1.807) is 6.07 Å². The molecule has 27 heavy (non-hydrogen) atoms. The van der Waals surface area contributed by atoms with Crippen LogP contribution in [-0.2, 0) is 20.9 Å². The minimum absolute atomic E-state index is 0.177. The molecular formula is C21H18BrNO4. The molecule has 1 N–H and O–H groups in total. The molecule has 1 amide bonds. The molecule has 0 saturated carbocycles. The van der Waals surface area contributed by atoms with Gasteiger partial charge in [-0.2, -0.15) is 0 Å². The summed E-state index contributed by atoms with van der Waals surface area (Å²) in [5.74, 6) is -0.332. The number of hydrogen-bond donors (Lipinski definition) is 1. The number of nitrogens with one attached hydrogen (secondary N) is 1. The Hall–Kier alpha value is -2.86. The summed E-state index contributed by atoms with van der Waals surface area (Å²) in [6.07, 6.45) is 0. The van der Waals surface area contributed by atoms with E-state index in [-0.39, 0.29) is 19.8 Å². The van der Waals surface area contributed by atoms with Gasteiger partial charge in [-0.05, 0) is 38.3 Å². The normalized spacial score (nSPS) is 10.4. The number of carbonyl (C=O) groups excluding carboxylic acids is 2. The molecule has 0 unspecified atom stereocenters. The fourth-order valence-corrected chi connectivity index (χ4v) is 3.09. The average Bonchev–Trinajstić information content (AvgIpc) is 2.71. The van der Waals surface area contributed by atoms with Crippen molar-refractivity contribution in [3.8, 4) is 5.75 Å². The van der Waals surface area contributed by atoms with Crippen molar-refractivity contribution in [3.05, 3.63) is 76.8 Å². The van der Waals surface area contributed by atoms with Gasteiger partial charge < -0.3 is 14.8 Å². The molecule has 0 heterocycles. The zero-order valence-corrected chi connectivity index (χ0v) is 16.1. The molecule has 0 fully saturated rings. The first-order chi connectivity index (χ1) is 13.1. The van der Waals surface area contributed by atoms with Crippen molar-refractivity contribution in [3.63, 3.8) is 0 Å². The van der Waals surface area contributed by atoms with Crippen LogP contribution in [0.25, 0.3) is 10.8 Å². The van der Waals surface area contributed by atoms with Gasteiger partial charge in [0.25, 0.3) is 5.91 Å². The minimum atomic E-state index is -0.501. The third-order valence-corrected chi connectivity index (χ3v) is 4.68. The third-order valence-electron chi connectivity index (χ3n) is 3.86. The van der Waals surface area contributed by atoms with Gasteiger partial charge in [0, 0.05) is 0 Å². The molecule has 0 saturated heterocycles. The topological polar surface area (TPSA) is 64.6 Å². The van der Waals surface area contributed by atoms with Crippen molar-refractivity contribution >= 4 is 38.6 Å². The lowest BCUT2D eigenvalue weighted by molar-refractivity contribution is -0.145. The summed E-state index contributed by atoms with van der Waals surface area (Å²) in [5, 5.41) is 4.56. The summed E-state index contributed by atoms with van der Waals surface area (Å²) >= 11 is 3.51. The Labute approximate surface area is 165 Å². The van der Waals surface area contributed by atoms with Crippen LogP contribution >= 0.6 is 15.9 Å². The summed E-state index contributed by atoms with van der Waals surface area (Å²) in [4.78, 5) is 23.6. The van der Waals surface area contributed by atoms with E-state index < -0.39 is 11.9 Å². The van der Waals surface area contributed by atoms with E-state index >= 15 is 0 Å². The summed E-state index contributed by atoms with van der Waals surface area (Å²) in [7, 11) is 0. The van der Waals surface area contributed by atoms with Crippen LogP contribution in [0.4, 0.5) is 0 Å². The molecule has 0 aliphatic rings. The highest BCUT2D eigenvalue weighted by Crippen LogP contribution is 2.32. The number of halogens is 1. The van der Waals surface area contributed by atoms with Gasteiger partial charge in [0.15, 0.2) is 6.61 Å². The molecule has 0 atom stereocenters. The molecule has 3 aromatic carbocycles. The van der Waals surface area contributed by atoms with Gasteiger partial charge in [-0.3, -0.25) is 9.59 Å². The van der Waals surface area contributed by atoms with Gasteiger partial charge in [0.1, 0.15) is 18.9 Å². The van der Waals surface area contributed by atoms with Crippen LogP contribution in [0.2, 0.25) is 0 Å². The number of esters is 1. The quantitative estimate of drug-likeness (QED) is 0.581. The number of ether oxygens (including phenoxy) is 2. The van der Waals surface area contributed by atoms with Crippen molar-refractivity contribution in [2.24, 2.45) is 0 Å². The second-order valence-corrected chi connectivity index (χ2v) is 6.60. The number of benzene rings is 3. The Bertz CT molecular complexity index is 943. The maximum atomic E-state index is 11.9. The van der Waals surface area contributed by atoms with Crippen LogP contribution < -0.4 is 10.1 Å². The first-order valence-corrected chi connectivity index (χ1v) is 9.19. The highest BCUT2D eigenvalue weighted by Gasteiger charge is 2.10. The first kappa shape index (κ1) is 18.9. The van der Waals surface area contributed by atoms with E-state index in [9.17, 15) is 9.59 Å². The smallest absolute Gasteiger partial charge is 0.325 e. The highest BCUT2D eigenvalue weighted by molar-refractivity contribution is 9.10. The Morgan fingerprint density at radius 3 is 2.48 bits per heavy atom. The fraction of sp³-hybridized carbons (Fsp3) is 0.143. The summed E-state index contributed by atoms with van der Waals surface area (Å²) < 4.78 is 11.5. The van der Waals surface area contributed by atoms with E-state index in [0.29, 0.717) is 5.75 Å². The Kier molecular flexibility index (Phi) is 6.44. The second kappa shape index (κ2) is 9.19. The average molecular weight is 428 g/mol. The molecular weight excluding hydrogens is 410 g/mol. The number of hydrogen-bond acceptors (Lipinski definition) is 4. The third kappa shape index (κ3) is 5.31. The molecule has 0 radical (unpaired) electrons. The maximum absolute atomic E-state index is 11.9. The van der Waals surface area contributed by atoms with Crippen molar-refractivity contribution in [1.82, 2.24) is 5.32 Å². The lowest BCUT2D eigenvalue weighted by atomic mass is 10.1. The minimum Gasteiger partial charge on any atom is -0.483 e. The van der Waals surface area contributed by atoms with Crippen LogP contribution in [0.1, 0.15) is 5.56 Å². The first-order valence-electron chi connectivity index (χ1n) is 8.40. The molecule has 0 aromatic heterocycles. The molecule has 0 aliphatic carbocycles. The van der Waals surface area contributed by atoms with Gasteiger partial charge in [-0.15, -0.1) is 0 Å². The lowest BCUT2D eigenvalue weighted by Gasteiger charge is -2.11. The van der Waals surface area contributed by atoms with Gasteiger partial charge in [0.2, 0.25) is 0 Å². The number of amides is 1. The largest absolute Gasteiger partial charge is 0.483 e. The van der Waals surface area contributed by atoms with Crippen LogP contribution in [-0.4, -0.2) is 25.0 Å².